The van der Waals surface area contributed by atoms with E-state index in [4.69, 9.17) is 35.3 Å². The Balaban J connectivity index is 1.52. The lowest BCUT2D eigenvalue weighted by molar-refractivity contribution is 0.0588. The first kappa shape index (κ1) is 29.4. The standard InChI is InChI=1S/C31H29ClN2O7/c1-18-22(8-6-10-27(18)40-16-21-13-12-20(15-33-21)30(35)38-4)23-9-7-11-28(19(23)2)41-17-26-25(32)14-24(31(36)39-5)29(34-26)37-3/h6-15H,16-17H2,1-5H3. The van der Waals surface area contributed by atoms with E-state index in [9.17, 15) is 9.59 Å². The lowest BCUT2D eigenvalue weighted by atomic mass is 9.95. The van der Waals surface area contributed by atoms with E-state index < -0.39 is 11.9 Å². The van der Waals surface area contributed by atoms with E-state index >= 15 is 0 Å². The summed E-state index contributed by atoms with van der Waals surface area (Å²) in [7, 11) is 4.02. The van der Waals surface area contributed by atoms with Crippen LogP contribution in [0.2, 0.25) is 5.02 Å². The van der Waals surface area contributed by atoms with E-state index in [2.05, 4.69) is 9.97 Å². The van der Waals surface area contributed by atoms with Gasteiger partial charge in [0.1, 0.15) is 36.0 Å². The van der Waals surface area contributed by atoms with Gasteiger partial charge in [-0.15, -0.1) is 0 Å². The predicted molar refractivity (Wildman–Crippen MR) is 153 cm³/mol. The molecule has 0 radical (unpaired) electrons. The molecule has 0 aliphatic carbocycles. The number of nitrogens with zero attached hydrogens (tertiary/aromatic N) is 2. The summed E-state index contributed by atoms with van der Waals surface area (Å²) in [6.45, 7) is 4.26. The van der Waals surface area contributed by atoms with E-state index in [0.717, 1.165) is 22.3 Å². The first-order valence-electron chi connectivity index (χ1n) is 12.6. The molecule has 0 fully saturated rings. The summed E-state index contributed by atoms with van der Waals surface area (Å²) in [5.41, 5.74) is 5.44. The zero-order valence-electron chi connectivity index (χ0n) is 23.3. The second kappa shape index (κ2) is 13.1. The van der Waals surface area contributed by atoms with Gasteiger partial charge in [-0.05, 0) is 66.4 Å². The second-order valence-electron chi connectivity index (χ2n) is 8.93. The minimum Gasteiger partial charge on any atom is -0.487 e. The monoisotopic (exact) mass is 576 g/mol. The van der Waals surface area contributed by atoms with E-state index in [0.29, 0.717) is 28.5 Å². The molecule has 4 aromatic rings. The number of hydrogen-bond donors (Lipinski definition) is 0. The molecular formula is C31H29ClN2O7. The highest BCUT2D eigenvalue weighted by Gasteiger charge is 2.19. The van der Waals surface area contributed by atoms with Crippen molar-refractivity contribution in [1.82, 2.24) is 9.97 Å². The Bertz CT molecular complexity index is 1570. The number of benzene rings is 2. The maximum absolute atomic E-state index is 12.0. The van der Waals surface area contributed by atoms with Crippen LogP contribution in [0.4, 0.5) is 0 Å². The third-order valence-electron chi connectivity index (χ3n) is 6.46. The van der Waals surface area contributed by atoms with Crippen molar-refractivity contribution >= 4 is 23.5 Å². The van der Waals surface area contributed by atoms with Crippen molar-refractivity contribution < 1.29 is 33.3 Å². The zero-order valence-corrected chi connectivity index (χ0v) is 24.1. The molecule has 4 rings (SSSR count). The van der Waals surface area contributed by atoms with Crippen LogP contribution in [-0.2, 0) is 22.7 Å². The molecule has 41 heavy (non-hydrogen) atoms. The van der Waals surface area contributed by atoms with E-state index in [-0.39, 0.29) is 29.7 Å². The van der Waals surface area contributed by atoms with E-state index in [1.165, 1.54) is 33.6 Å². The molecule has 0 spiro atoms. The van der Waals surface area contributed by atoms with Crippen molar-refractivity contribution in [2.45, 2.75) is 27.1 Å². The number of hydrogen-bond acceptors (Lipinski definition) is 9. The molecule has 2 heterocycles. The van der Waals surface area contributed by atoms with Crippen LogP contribution >= 0.6 is 11.6 Å². The van der Waals surface area contributed by atoms with Crippen LogP contribution in [0.15, 0.2) is 60.8 Å². The second-order valence-corrected chi connectivity index (χ2v) is 9.34. The fourth-order valence-corrected chi connectivity index (χ4v) is 4.40. The summed E-state index contributed by atoms with van der Waals surface area (Å²) in [4.78, 5) is 32.3. The molecule has 2 aromatic heterocycles. The maximum Gasteiger partial charge on any atom is 0.343 e. The highest BCUT2D eigenvalue weighted by Crippen LogP contribution is 2.36. The molecule has 0 amide bonds. The van der Waals surface area contributed by atoms with E-state index in [1.807, 2.05) is 50.2 Å². The summed E-state index contributed by atoms with van der Waals surface area (Å²) in [6, 6.07) is 16.5. The molecule has 0 atom stereocenters. The lowest BCUT2D eigenvalue weighted by Crippen LogP contribution is -2.09. The minimum atomic E-state index is -0.596. The van der Waals surface area contributed by atoms with Crippen LogP contribution in [0.5, 0.6) is 17.4 Å². The predicted octanol–water partition coefficient (Wildman–Crippen LogP) is 6.15. The van der Waals surface area contributed by atoms with Crippen LogP contribution in [0.3, 0.4) is 0 Å². The number of carbonyl (C=O) groups is 2. The van der Waals surface area contributed by atoms with Gasteiger partial charge >= 0.3 is 11.9 Å². The number of pyridine rings is 2. The molecule has 0 unspecified atom stereocenters. The Labute approximate surface area is 243 Å². The van der Waals surface area contributed by atoms with Crippen LogP contribution in [0.25, 0.3) is 11.1 Å². The molecule has 0 aliphatic heterocycles. The number of methoxy groups -OCH3 is 3. The van der Waals surface area contributed by atoms with Crippen molar-refractivity contribution in [3.05, 3.63) is 99.5 Å². The molecule has 10 heteroatoms. The lowest BCUT2D eigenvalue weighted by Gasteiger charge is -2.17. The fraction of sp³-hybridized carbons (Fsp3) is 0.226. The first-order valence-corrected chi connectivity index (χ1v) is 12.9. The smallest absolute Gasteiger partial charge is 0.343 e. The molecule has 0 saturated heterocycles. The number of rotatable bonds is 10. The van der Waals surface area contributed by atoms with Gasteiger partial charge in [-0.2, -0.15) is 0 Å². The van der Waals surface area contributed by atoms with Crippen molar-refractivity contribution in [1.29, 1.82) is 0 Å². The van der Waals surface area contributed by atoms with Crippen molar-refractivity contribution in [3.63, 3.8) is 0 Å². The van der Waals surface area contributed by atoms with Gasteiger partial charge in [0.2, 0.25) is 5.88 Å². The average molecular weight is 577 g/mol. The summed E-state index contributed by atoms with van der Waals surface area (Å²) < 4.78 is 26.9. The fourth-order valence-electron chi connectivity index (χ4n) is 4.19. The molecule has 212 valence electrons. The van der Waals surface area contributed by atoms with Gasteiger partial charge < -0.3 is 23.7 Å². The maximum atomic E-state index is 12.0. The van der Waals surface area contributed by atoms with Gasteiger partial charge in [0.25, 0.3) is 0 Å². The van der Waals surface area contributed by atoms with Gasteiger partial charge in [0.05, 0.1) is 37.6 Å². The highest BCUT2D eigenvalue weighted by molar-refractivity contribution is 6.31. The molecular weight excluding hydrogens is 548 g/mol. The summed E-state index contributed by atoms with van der Waals surface area (Å²) in [5, 5.41) is 0.259. The highest BCUT2D eigenvalue weighted by atomic mass is 35.5. The van der Waals surface area contributed by atoms with Crippen molar-refractivity contribution in [2.75, 3.05) is 21.3 Å². The number of aromatic nitrogens is 2. The van der Waals surface area contributed by atoms with Gasteiger partial charge in [0.15, 0.2) is 0 Å². The Morgan fingerprint density at radius 3 is 1.95 bits per heavy atom. The van der Waals surface area contributed by atoms with Crippen LogP contribution in [-0.4, -0.2) is 43.2 Å². The van der Waals surface area contributed by atoms with Crippen LogP contribution in [0, 0.1) is 13.8 Å². The third kappa shape index (κ3) is 6.58. The van der Waals surface area contributed by atoms with Crippen LogP contribution < -0.4 is 14.2 Å². The van der Waals surface area contributed by atoms with Crippen molar-refractivity contribution in [3.8, 4) is 28.5 Å². The molecule has 2 aromatic carbocycles. The quantitative estimate of drug-likeness (QED) is 0.205. The summed E-state index contributed by atoms with van der Waals surface area (Å²) in [5.74, 6) is 0.428. The summed E-state index contributed by atoms with van der Waals surface area (Å²) in [6.07, 6.45) is 1.47. The Kier molecular flexibility index (Phi) is 9.41. The minimum absolute atomic E-state index is 0.0604. The Morgan fingerprint density at radius 2 is 1.41 bits per heavy atom. The van der Waals surface area contributed by atoms with Gasteiger partial charge in [-0.1, -0.05) is 35.9 Å². The summed E-state index contributed by atoms with van der Waals surface area (Å²) >= 11 is 6.39. The number of halogens is 1. The van der Waals surface area contributed by atoms with Gasteiger partial charge in [0, 0.05) is 6.20 Å². The Morgan fingerprint density at radius 1 is 0.805 bits per heavy atom. The molecule has 0 aliphatic rings. The van der Waals surface area contributed by atoms with Gasteiger partial charge in [-0.3, -0.25) is 4.98 Å². The Hall–Kier alpha value is -4.63. The number of carbonyl (C=O) groups excluding carboxylic acids is 2. The first-order chi connectivity index (χ1) is 19.8. The molecule has 0 saturated carbocycles. The van der Waals surface area contributed by atoms with Crippen molar-refractivity contribution in [2.24, 2.45) is 0 Å². The zero-order chi connectivity index (χ0) is 29.5. The number of ether oxygens (including phenoxy) is 5. The van der Waals surface area contributed by atoms with Crippen LogP contribution in [0.1, 0.15) is 43.2 Å². The third-order valence-corrected chi connectivity index (χ3v) is 6.78. The topological polar surface area (TPSA) is 106 Å². The van der Waals surface area contributed by atoms with Gasteiger partial charge in [-0.25, -0.2) is 14.6 Å². The largest absolute Gasteiger partial charge is 0.487 e. The normalized spacial score (nSPS) is 10.6. The molecule has 9 nitrogen and oxygen atoms in total. The SMILES string of the molecule is COC(=O)c1ccc(COc2cccc(-c3cccc(OCc4nc(OC)c(C(=O)OC)cc4Cl)c3C)c2C)nc1. The average Bonchev–Trinajstić information content (AvgIpc) is 3.00. The molecule has 0 bridgehead atoms. The van der Waals surface area contributed by atoms with E-state index in [1.54, 1.807) is 12.1 Å². The number of esters is 2. The molecule has 0 N–H and O–H groups in total.